The van der Waals surface area contributed by atoms with Crippen molar-refractivity contribution in [1.82, 2.24) is 4.90 Å². The number of aliphatic hydroxyl groups is 1. The fraction of sp³-hybridized carbons (Fsp3) is 0.533. The predicted molar refractivity (Wildman–Crippen MR) is 78.7 cm³/mol. The largest absolute Gasteiger partial charge is 0.409 e. The first-order valence-electron chi connectivity index (χ1n) is 7.13. The highest BCUT2D eigenvalue weighted by Gasteiger charge is 2.19. The molecule has 1 fully saturated rings. The molecule has 110 valence electrons. The van der Waals surface area contributed by atoms with Gasteiger partial charge in [0, 0.05) is 25.3 Å². The lowest BCUT2D eigenvalue weighted by molar-refractivity contribution is 0.142. The number of likely N-dealkylation sites (tertiary alicyclic amines) is 1. The standard InChI is InChI=1S/C15H23N3O2/c16-15(17-20)14-5-1-3-13(9-14)11-18-7-2-4-12(10-18)6-8-19/h1,3,5,9,12,19-20H,2,4,6-8,10-11H2,(H2,16,17). The van der Waals surface area contributed by atoms with Crippen LogP contribution in [0.5, 0.6) is 0 Å². The molecule has 0 saturated carbocycles. The van der Waals surface area contributed by atoms with E-state index in [9.17, 15) is 0 Å². The Labute approximate surface area is 119 Å². The van der Waals surface area contributed by atoms with Gasteiger partial charge in [0.15, 0.2) is 5.84 Å². The highest BCUT2D eigenvalue weighted by atomic mass is 16.4. The number of nitrogens with zero attached hydrogens (tertiary/aromatic N) is 2. The first-order valence-corrected chi connectivity index (χ1v) is 7.13. The molecule has 1 unspecified atom stereocenters. The van der Waals surface area contributed by atoms with Crippen molar-refractivity contribution in [3.63, 3.8) is 0 Å². The number of benzene rings is 1. The first-order chi connectivity index (χ1) is 9.72. The summed E-state index contributed by atoms with van der Waals surface area (Å²) in [7, 11) is 0. The minimum atomic E-state index is 0.142. The Morgan fingerprint density at radius 2 is 2.30 bits per heavy atom. The second kappa shape index (κ2) is 7.26. The number of nitrogens with two attached hydrogens (primary N) is 1. The SMILES string of the molecule is N/C(=N/O)c1cccc(CN2CCCC(CCO)C2)c1. The summed E-state index contributed by atoms with van der Waals surface area (Å²) in [6, 6.07) is 7.79. The molecule has 2 rings (SSSR count). The van der Waals surface area contributed by atoms with Crippen molar-refractivity contribution >= 4 is 5.84 Å². The van der Waals surface area contributed by atoms with Crippen LogP contribution in [-0.2, 0) is 6.54 Å². The van der Waals surface area contributed by atoms with Crippen molar-refractivity contribution < 1.29 is 10.3 Å². The molecule has 4 N–H and O–H groups in total. The van der Waals surface area contributed by atoms with E-state index in [1.165, 1.54) is 18.4 Å². The van der Waals surface area contributed by atoms with E-state index in [4.69, 9.17) is 16.0 Å². The first kappa shape index (κ1) is 14.8. The molecule has 1 atom stereocenters. The summed E-state index contributed by atoms with van der Waals surface area (Å²) in [6.07, 6.45) is 3.28. The molecule has 0 aliphatic carbocycles. The molecule has 0 spiro atoms. The summed E-state index contributed by atoms with van der Waals surface area (Å²) in [5.74, 6) is 0.740. The van der Waals surface area contributed by atoms with Gasteiger partial charge in [-0.15, -0.1) is 0 Å². The second-order valence-corrected chi connectivity index (χ2v) is 5.44. The maximum Gasteiger partial charge on any atom is 0.170 e. The average Bonchev–Trinajstić information content (AvgIpc) is 2.47. The molecule has 1 aliphatic rings. The van der Waals surface area contributed by atoms with E-state index in [0.717, 1.165) is 31.6 Å². The molecule has 0 amide bonds. The maximum atomic E-state index is 9.05. The van der Waals surface area contributed by atoms with E-state index in [2.05, 4.69) is 16.1 Å². The molecule has 0 aromatic heterocycles. The predicted octanol–water partition coefficient (Wildman–Crippen LogP) is 1.38. The van der Waals surface area contributed by atoms with Crippen LogP contribution >= 0.6 is 0 Å². The Bertz CT molecular complexity index is 460. The average molecular weight is 277 g/mol. The molecule has 1 aromatic carbocycles. The summed E-state index contributed by atoms with van der Waals surface area (Å²) in [5.41, 5.74) is 7.53. The molecular weight excluding hydrogens is 254 g/mol. The lowest BCUT2D eigenvalue weighted by Crippen LogP contribution is -2.35. The van der Waals surface area contributed by atoms with Gasteiger partial charge in [0.1, 0.15) is 0 Å². The number of aliphatic hydroxyl groups excluding tert-OH is 1. The van der Waals surface area contributed by atoms with E-state index in [0.29, 0.717) is 5.92 Å². The minimum Gasteiger partial charge on any atom is -0.409 e. The maximum absolute atomic E-state index is 9.05. The topological polar surface area (TPSA) is 82.1 Å². The van der Waals surface area contributed by atoms with Crippen LogP contribution in [0.2, 0.25) is 0 Å². The van der Waals surface area contributed by atoms with E-state index in [1.807, 2.05) is 18.2 Å². The molecule has 20 heavy (non-hydrogen) atoms. The zero-order chi connectivity index (χ0) is 14.4. The molecular formula is C15H23N3O2. The van der Waals surface area contributed by atoms with E-state index < -0.39 is 0 Å². The Morgan fingerprint density at radius 3 is 3.05 bits per heavy atom. The Morgan fingerprint density at radius 1 is 1.45 bits per heavy atom. The van der Waals surface area contributed by atoms with Crippen molar-refractivity contribution in [2.45, 2.75) is 25.8 Å². The van der Waals surface area contributed by atoms with Crippen molar-refractivity contribution in [1.29, 1.82) is 0 Å². The van der Waals surface area contributed by atoms with Crippen molar-refractivity contribution in [2.24, 2.45) is 16.8 Å². The van der Waals surface area contributed by atoms with Crippen LogP contribution in [0.3, 0.4) is 0 Å². The summed E-state index contributed by atoms with van der Waals surface area (Å²) >= 11 is 0. The number of rotatable bonds is 5. The Hall–Kier alpha value is -1.59. The van der Waals surface area contributed by atoms with Gasteiger partial charge in [0.2, 0.25) is 0 Å². The number of piperidine rings is 1. The highest BCUT2D eigenvalue weighted by Crippen LogP contribution is 2.21. The van der Waals surface area contributed by atoms with E-state index in [-0.39, 0.29) is 12.4 Å². The molecule has 1 aromatic rings. The number of hydrogen-bond donors (Lipinski definition) is 3. The molecule has 5 nitrogen and oxygen atoms in total. The van der Waals surface area contributed by atoms with Gasteiger partial charge in [-0.05, 0) is 43.4 Å². The fourth-order valence-electron chi connectivity index (χ4n) is 2.86. The van der Waals surface area contributed by atoms with Crippen LogP contribution in [0.1, 0.15) is 30.4 Å². The molecule has 5 heteroatoms. The van der Waals surface area contributed by atoms with Crippen LogP contribution in [0.25, 0.3) is 0 Å². The lowest BCUT2D eigenvalue weighted by Gasteiger charge is -2.32. The van der Waals surface area contributed by atoms with Crippen molar-refractivity contribution in [3.05, 3.63) is 35.4 Å². The number of oxime groups is 1. The van der Waals surface area contributed by atoms with Gasteiger partial charge in [-0.25, -0.2) is 0 Å². The molecule has 0 bridgehead atoms. The third-order valence-electron chi connectivity index (χ3n) is 3.88. The smallest absolute Gasteiger partial charge is 0.170 e. The third kappa shape index (κ3) is 3.95. The number of amidine groups is 1. The van der Waals surface area contributed by atoms with Gasteiger partial charge in [-0.2, -0.15) is 0 Å². The summed E-state index contributed by atoms with van der Waals surface area (Å²) in [5, 5.41) is 20.8. The monoisotopic (exact) mass is 277 g/mol. The zero-order valence-corrected chi connectivity index (χ0v) is 11.7. The van der Waals surface area contributed by atoms with Gasteiger partial charge in [0.25, 0.3) is 0 Å². The van der Waals surface area contributed by atoms with Crippen molar-refractivity contribution in [3.8, 4) is 0 Å². The van der Waals surface area contributed by atoms with Gasteiger partial charge in [0.05, 0.1) is 0 Å². The summed E-state index contributed by atoms with van der Waals surface area (Å²) < 4.78 is 0. The molecule has 0 radical (unpaired) electrons. The van der Waals surface area contributed by atoms with Gasteiger partial charge >= 0.3 is 0 Å². The van der Waals surface area contributed by atoms with Crippen LogP contribution < -0.4 is 5.73 Å². The van der Waals surface area contributed by atoms with Crippen molar-refractivity contribution in [2.75, 3.05) is 19.7 Å². The second-order valence-electron chi connectivity index (χ2n) is 5.44. The summed E-state index contributed by atoms with van der Waals surface area (Å²) in [6.45, 7) is 3.27. The highest BCUT2D eigenvalue weighted by molar-refractivity contribution is 5.97. The van der Waals surface area contributed by atoms with Gasteiger partial charge in [-0.3, -0.25) is 4.90 Å². The van der Waals surface area contributed by atoms with Crippen LogP contribution in [0, 0.1) is 5.92 Å². The van der Waals surface area contributed by atoms with E-state index in [1.54, 1.807) is 0 Å². The van der Waals surface area contributed by atoms with Gasteiger partial charge < -0.3 is 16.0 Å². The summed E-state index contributed by atoms with van der Waals surface area (Å²) in [4.78, 5) is 2.41. The number of hydrogen-bond acceptors (Lipinski definition) is 4. The van der Waals surface area contributed by atoms with Gasteiger partial charge in [-0.1, -0.05) is 23.4 Å². The normalized spacial score (nSPS) is 21.1. The fourth-order valence-corrected chi connectivity index (χ4v) is 2.86. The Balaban J connectivity index is 1.99. The minimum absolute atomic E-state index is 0.142. The third-order valence-corrected chi connectivity index (χ3v) is 3.88. The van der Waals surface area contributed by atoms with Crippen LogP contribution in [0.15, 0.2) is 29.4 Å². The molecule has 1 saturated heterocycles. The van der Waals surface area contributed by atoms with Crippen LogP contribution in [-0.4, -0.2) is 40.7 Å². The lowest BCUT2D eigenvalue weighted by atomic mass is 9.95. The zero-order valence-electron chi connectivity index (χ0n) is 11.7. The Kier molecular flexibility index (Phi) is 5.38. The molecule has 1 aliphatic heterocycles. The molecule has 1 heterocycles. The van der Waals surface area contributed by atoms with E-state index >= 15 is 0 Å². The van der Waals surface area contributed by atoms with Crippen LogP contribution in [0.4, 0.5) is 0 Å². The quantitative estimate of drug-likeness (QED) is 0.329.